The molecule has 0 aromatic rings. The van der Waals surface area contributed by atoms with Gasteiger partial charge in [0.05, 0.1) is 6.61 Å². The summed E-state index contributed by atoms with van der Waals surface area (Å²) < 4.78 is 0. The number of nitrogens with zero attached hydrogens (tertiary/aromatic N) is 2. The first-order valence-corrected chi connectivity index (χ1v) is 3.80. The number of aliphatic hydroxyl groups excluding tert-OH is 1. The van der Waals surface area contributed by atoms with Crippen LogP contribution >= 0.6 is 0 Å². The summed E-state index contributed by atoms with van der Waals surface area (Å²) >= 11 is 0. The zero-order valence-electron chi connectivity index (χ0n) is 6.75. The van der Waals surface area contributed by atoms with Gasteiger partial charge >= 0.3 is 0 Å². The van der Waals surface area contributed by atoms with Crippen molar-refractivity contribution >= 4 is 0 Å². The molecule has 1 aliphatic heterocycles. The SMILES string of the molecule is CN(C)N1CCCC1CO. The molecule has 1 unspecified atom stereocenters. The normalized spacial score (nSPS) is 28.2. The highest BCUT2D eigenvalue weighted by Gasteiger charge is 2.24. The number of hydrogen-bond acceptors (Lipinski definition) is 3. The molecule has 1 heterocycles. The van der Waals surface area contributed by atoms with Crippen molar-refractivity contribution < 1.29 is 5.11 Å². The van der Waals surface area contributed by atoms with E-state index in [9.17, 15) is 0 Å². The molecule has 3 heteroatoms. The maximum absolute atomic E-state index is 8.92. The Morgan fingerprint density at radius 3 is 2.70 bits per heavy atom. The molecule has 0 saturated carbocycles. The third-order valence-corrected chi connectivity index (χ3v) is 2.07. The highest BCUT2D eigenvalue weighted by molar-refractivity contribution is 4.74. The Kier molecular flexibility index (Phi) is 2.65. The van der Waals surface area contributed by atoms with E-state index < -0.39 is 0 Å². The molecule has 0 aromatic heterocycles. The topological polar surface area (TPSA) is 26.7 Å². The quantitative estimate of drug-likeness (QED) is 0.587. The lowest BCUT2D eigenvalue weighted by atomic mass is 10.2. The van der Waals surface area contributed by atoms with Crippen molar-refractivity contribution in [2.75, 3.05) is 27.2 Å². The third kappa shape index (κ3) is 1.48. The van der Waals surface area contributed by atoms with Crippen LogP contribution in [-0.2, 0) is 0 Å². The third-order valence-electron chi connectivity index (χ3n) is 2.07. The van der Waals surface area contributed by atoms with E-state index in [1.165, 1.54) is 6.42 Å². The molecule has 0 aromatic carbocycles. The van der Waals surface area contributed by atoms with E-state index in [4.69, 9.17) is 5.11 Å². The molecule has 0 bridgehead atoms. The first-order valence-electron chi connectivity index (χ1n) is 3.80. The molecule has 3 nitrogen and oxygen atoms in total. The Hall–Kier alpha value is -0.120. The molecule has 0 amide bonds. The summed E-state index contributed by atoms with van der Waals surface area (Å²) in [6.07, 6.45) is 2.35. The van der Waals surface area contributed by atoms with Crippen molar-refractivity contribution in [3.8, 4) is 0 Å². The van der Waals surface area contributed by atoms with Crippen LogP contribution < -0.4 is 0 Å². The zero-order valence-corrected chi connectivity index (χ0v) is 6.75. The van der Waals surface area contributed by atoms with E-state index in [0.29, 0.717) is 6.04 Å². The van der Waals surface area contributed by atoms with Gasteiger partial charge in [-0.15, -0.1) is 0 Å². The average molecular weight is 144 g/mol. The Labute approximate surface area is 62.2 Å². The van der Waals surface area contributed by atoms with Gasteiger partial charge in [-0.1, -0.05) is 0 Å². The smallest absolute Gasteiger partial charge is 0.0600 e. The molecule has 1 rings (SSSR count). The lowest BCUT2D eigenvalue weighted by Gasteiger charge is -2.28. The minimum absolute atomic E-state index is 0.290. The van der Waals surface area contributed by atoms with Crippen LogP contribution in [0.3, 0.4) is 0 Å². The summed E-state index contributed by atoms with van der Waals surface area (Å²) in [5.74, 6) is 0. The van der Waals surface area contributed by atoms with Crippen LogP contribution in [0.4, 0.5) is 0 Å². The predicted molar refractivity (Wildman–Crippen MR) is 40.5 cm³/mol. The molecule has 60 valence electrons. The van der Waals surface area contributed by atoms with Gasteiger partial charge in [0, 0.05) is 26.7 Å². The van der Waals surface area contributed by atoms with Gasteiger partial charge in [-0.2, -0.15) is 0 Å². The maximum Gasteiger partial charge on any atom is 0.0600 e. The highest BCUT2D eigenvalue weighted by atomic mass is 16.3. The first kappa shape index (κ1) is 7.98. The lowest BCUT2D eigenvalue weighted by Crippen LogP contribution is -2.42. The second-order valence-corrected chi connectivity index (χ2v) is 2.99. The van der Waals surface area contributed by atoms with E-state index in [1.54, 1.807) is 0 Å². The minimum atomic E-state index is 0.290. The van der Waals surface area contributed by atoms with Crippen molar-refractivity contribution in [3.05, 3.63) is 0 Å². The molecule has 1 saturated heterocycles. The van der Waals surface area contributed by atoms with E-state index in [2.05, 4.69) is 10.0 Å². The minimum Gasteiger partial charge on any atom is -0.395 e. The van der Waals surface area contributed by atoms with Crippen molar-refractivity contribution in [2.45, 2.75) is 18.9 Å². The number of rotatable bonds is 2. The maximum atomic E-state index is 8.92. The molecule has 0 aliphatic carbocycles. The molecular formula is C7H16N2O. The summed E-state index contributed by atoms with van der Waals surface area (Å²) in [5.41, 5.74) is 0. The summed E-state index contributed by atoms with van der Waals surface area (Å²) in [6, 6.07) is 0.370. The molecular weight excluding hydrogens is 128 g/mol. The van der Waals surface area contributed by atoms with Crippen LogP contribution in [0.2, 0.25) is 0 Å². The van der Waals surface area contributed by atoms with Crippen LogP contribution in [0.1, 0.15) is 12.8 Å². The summed E-state index contributed by atoms with van der Waals surface area (Å²) in [7, 11) is 4.04. The van der Waals surface area contributed by atoms with E-state index >= 15 is 0 Å². The largest absolute Gasteiger partial charge is 0.395 e. The van der Waals surface area contributed by atoms with Crippen LogP contribution in [0.5, 0.6) is 0 Å². The molecule has 10 heavy (non-hydrogen) atoms. The molecule has 1 atom stereocenters. The van der Waals surface area contributed by atoms with E-state index in [1.807, 2.05) is 14.1 Å². The molecule has 1 N–H and O–H groups in total. The summed E-state index contributed by atoms with van der Waals surface area (Å²) in [5, 5.41) is 13.2. The fourth-order valence-electron chi connectivity index (χ4n) is 1.53. The Bertz CT molecular complexity index is 106. The highest BCUT2D eigenvalue weighted by Crippen LogP contribution is 2.16. The summed E-state index contributed by atoms with van der Waals surface area (Å²) in [4.78, 5) is 0. The fraction of sp³-hybridized carbons (Fsp3) is 1.00. The van der Waals surface area contributed by atoms with Gasteiger partial charge in [0.25, 0.3) is 0 Å². The summed E-state index contributed by atoms with van der Waals surface area (Å²) in [6.45, 7) is 1.39. The Morgan fingerprint density at radius 1 is 1.60 bits per heavy atom. The number of hydrazine groups is 1. The molecule has 0 spiro atoms. The van der Waals surface area contributed by atoms with Gasteiger partial charge in [-0.05, 0) is 12.8 Å². The van der Waals surface area contributed by atoms with Crippen molar-refractivity contribution in [2.24, 2.45) is 0 Å². The van der Waals surface area contributed by atoms with E-state index in [-0.39, 0.29) is 6.61 Å². The molecule has 1 fully saturated rings. The van der Waals surface area contributed by atoms with Crippen molar-refractivity contribution in [1.82, 2.24) is 10.0 Å². The number of aliphatic hydroxyl groups is 1. The van der Waals surface area contributed by atoms with Crippen LogP contribution in [0.15, 0.2) is 0 Å². The van der Waals surface area contributed by atoms with Gasteiger partial charge in [-0.25, -0.2) is 10.0 Å². The molecule has 0 radical (unpaired) electrons. The lowest BCUT2D eigenvalue weighted by molar-refractivity contribution is -0.00847. The van der Waals surface area contributed by atoms with Gasteiger partial charge < -0.3 is 5.11 Å². The fourth-order valence-corrected chi connectivity index (χ4v) is 1.53. The monoisotopic (exact) mass is 144 g/mol. The van der Waals surface area contributed by atoms with Gasteiger partial charge in [0.1, 0.15) is 0 Å². The second kappa shape index (κ2) is 3.32. The van der Waals surface area contributed by atoms with Crippen molar-refractivity contribution in [1.29, 1.82) is 0 Å². The van der Waals surface area contributed by atoms with Gasteiger partial charge in [-0.3, -0.25) is 0 Å². The van der Waals surface area contributed by atoms with Crippen molar-refractivity contribution in [3.63, 3.8) is 0 Å². The van der Waals surface area contributed by atoms with Crippen LogP contribution in [0, 0.1) is 0 Å². The Balaban J connectivity index is 2.42. The zero-order chi connectivity index (χ0) is 7.56. The van der Waals surface area contributed by atoms with Crippen LogP contribution in [-0.4, -0.2) is 48.4 Å². The van der Waals surface area contributed by atoms with Gasteiger partial charge in [0.15, 0.2) is 0 Å². The van der Waals surface area contributed by atoms with Crippen LogP contribution in [0.25, 0.3) is 0 Å². The molecule has 1 aliphatic rings. The Morgan fingerprint density at radius 2 is 2.30 bits per heavy atom. The number of hydrogen-bond donors (Lipinski definition) is 1. The standard InChI is InChI=1S/C7H16N2O/c1-8(2)9-5-3-4-7(9)6-10/h7,10H,3-6H2,1-2H3. The first-order chi connectivity index (χ1) is 4.75. The predicted octanol–water partition coefficient (Wildman–Crippen LogP) is -0.0803. The average Bonchev–Trinajstić information content (AvgIpc) is 2.33. The van der Waals surface area contributed by atoms with Gasteiger partial charge in [0.2, 0.25) is 0 Å². The second-order valence-electron chi connectivity index (χ2n) is 2.99. The van der Waals surface area contributed by atoms with E-state index in [0.717, 1.165) is 13.0 Å².